The molecule has 1 nitrogen and oxygen atoms in total. The van der Waals surface area contributed by atoms with Crippen molar-refractivity contribution >= 4 is 23.4 Å². The Morgan fingerprint density at radius 3 is 1.30 bits per heavy atom. The second-order valence-electron chi connectivity index (χ2n) is 9.56. The zero-order valence-corrected chi connectivity index (χ0v) is 19.4. The molecule has 1 saturated carbocycles. The van der Waals surface area contributed by atoms with Crippen LogP contribution < -0.4 is 15.9 Å². The highest BCUT2D eigenvalue weighted by Gasteiger charge is 2.50. The van der Waals surface area contributed by atoms with E-state index in [0.717, 1.165) is 18.8 Å². The molecule has 0 spiro atoms. The second kappa shape index (κ2) is 9.04. The molecule has 0 aromatic heterocycles. The molecule has 2 heteroatoms. The van der Waals surface area contributed by atoms with Crippen molar-refractivity contribution in [2.24, 2.45) is 11.3 Å². The minimum Gasteiger partial charge on any atom is -0.218 e. The zero-order chi connectivity index (χ0) is 21.0. The summed E-state index contributed by atoms with van der Waals surface area (Å²) >= 11 is 0. The molecule has 1 aliphatic rings. The van der Waals surface area contributed by atoms with Gasteiger partial charge in [-0.2, -0.15) is 0 Å². The average Bonchev–Trinajstić information content (AvgIpc) is 2.79. The van der Waals surface area contributed by atoms with Crippen LogP contribution in [0.5, 0.6) is 0 Å². The van der Waals surface area contributed by atoms with Crippen molar-refractivity contribution in [3.05, 3.63) is 91.0 Å². The van der Waals surface area contributed by atoms with Crippen LogP contribution >= 0.6 is 7.49 Å². The first kappa shape index (κ1) is 21.3. The topological polar surface area (TPSA) is 9.23 Å². The predicted molar refractivity (Wildman–Crippen MR) is 131 cm³/mol. The predicted octanol–water partition coefficient (Wildman–Crippen LogP) is 6.52. The molecule has 0 aliphatic heterocycles. The maximum absolute atomic E-state index is 7.31. The van der Waals surface area contributed by atoms with E-state index in [0.29, 0.717) is 11.5 Å². The summed E-state index contributed by atoms with van der Waals surface area (Å²) in [5.74, 6) is 0.787. The lowest BCUT2D eigenvalue weighted by molar-refractivity contribution is 0.0966. The Balaban J connectivity index is 1.76. The van der Waals surface area contributed by atoms with Crippen LogP contribution in [-0.4, -0.2) is 6.10 Å². The molecule has 0 heterocycles. The Labute approximate surface area is 182 Å². The quantitative estimate of drug-likeness (QED) is 0.430. The highest BCUT2D eigenvalue weighted by atomic mass is 31.2. The molecule has 0 bridgehead atoms. The van der Waals surface area contributed by atoms with Crippen LogP contribution in [0, 0.1) is 11.3 Å². The summed E-state index contributed by atoms with van der Waals surface area (Å²) in [6.07, 6.45) is 5.11. The maximum atomic E-state index is 7.31. The van der Waals surface area contributed by atoms with Crippen molar-refractivity contribution in [2.45, 2.75) is 52.6 Å². The van der Waals surface area contributed by atoms with Crippen LogP contribution in [0.1, 0.15) is 46.5 Å². The molecule has 1 aliphatic carbocycles. The third kappa shape index (κ3) is 4.39. The molecular formula is C28H34OP+. The van der Waals surface area contributed by atoms with Crippen molar-refractivity contribution in [3.63, 3.8) is 0 Å². The van der Waals surface area contributed by atoms with Gasteiger partial charge in [-0.25, -0.2) is 4.52 Å². The molecule has 30 heavy (non-hydrogen) atoms. The van der Waals surface area contributed by atoms with Gasteiger partial charge in [-0.15, -0.1) is 0 Å². The van der Waals surface area contributed by atoms with Crippen LogP contribution in [0.2, 0.25) is 0 Å². The molecule has 3 aromatic carbocycles. The lowest BCUT2D eigenvalue weighted by Crippen LogP contribution is -2.37. The Morgan fingerprint density at radius 2 is 0.967 bits per heavy atom. The minimum absolute atomic E-state index is 0.303. The van der Waals surface area contributed by atoms with Crippen molar-refractivity contribution in [1.82, 2.24) is 0 Å². The Kier molecular flexibility index (Phi) is 6.42. The van der Waals surface area contributed by atoms with E-state index < -0.39 is 7.49 Å². The Hall–Kier alpha value is -1.95. The number of hydrogen-bond donors (Lipinski definition) is 0. The summed E-state index contributed by atoms with van der Waals surface area (Å²) in [6, 6.07) is 32.7. The minimum atomic E-state index is -2.18. The van der Waals surface area contributed by atoms with Crippen LogP contribution in [-0.2, 0) is 4.52 Å². The van der Waals surface area contributed by atoms with Gasteiger partial charge >= 0.3 is 0 Å². The second-order valence-corrected chi connectivity index (χ2v) is 12.5. The third-order valence-electron chi connectivity index (χ3n) is 6.57. The lowest BCUT2D eigenvalue weighted by atomic mass is 9.72. The summed E-state index contributed by atoms with van der Waals surface area (Å²) < 4.78 is 7.31. The first-order valence-corrected chi connectivity index (χ1v) is 12.9. The van der Waals surface area contributed by atoms with E-state index in [9.17, 15) is 0 Å². The number of rotatable bonds is 5. The van der Waals surface area contributed by atoms with Gasteiger partial charge in [0.15, 0.2) is 0 Å². The van der Waals surface area contributed by atoms with E-state index in [1.807, 2.05) is 0 Å². The van der Waals surface area contributed by atoms with Gasteiger partial charge < -0.3 is 0 Å². The molecule has 0 amide bonds. The van der Waals surface area contributed by atoms with Gasteiger partial charge in [0.2, 0.25) is 7.49 Å². The Morgan fingerprint density at radius 1 is 0.600 bits per heavy atom. The van der Waals surface area contributed by atoms with Crippen LogP contribution in [0.15, 0.2) is 91.0 Å². The summed E-state index contributed by atoms with van der Waals surface area (Å²) in [5.41, 5.74) is 0.384. The van der Waals surface area contributed by atoms with Gasteiger partial charge in [-0.1, -0.05) is 75.4 Å². The van der Waals surface area contributed by atoms with Crippen molar-refractivity contribution in [3.8, 4) is 0 Å². The van der Waals surface area contributed by atoms with Crippen molar-refractivity contribution < 1.29 is 4.52 Å². The van der Waals surface area contributed by atoms with Gasteiger partial charge in [-0.05, 0) is 73.4 Å². The highest BCUT2D eigenvalue weighted by Crippen LogP contribution is 2.58. The first-order chi connectivity index (χ1) is 14.5. The largest absolute Gasteiger partial charge is 0.242 e. The molecule has 3 aromatic rings. The molecule has 0 saturated heterocycles. The smallest absolute Gasteiger partial charge is 0.218 e. The van der Waals surface area contributed by atoms with Gasteiger partial charge in [0.25, 0.3) is 0 Å². The van der Waals surface area contributed by atoms with Gasteiger partial charge in [-0.3, -0.25) is 0 Å². The fraction of sp³-hybridized carbons (Fsp3) is 0.357. The molecular weight excluding hydrogens is 383 g/mol. The van der Waals surface area contributed by atoms with Crippen LogP contribution in [0.3, 0.4) is 0 Å². The average molecular weight is 418 g/mol. The summed E-state index contributed by atoms with van der Waals surface area (Å²) in [5, 5.41) is 3.92. The van der Waals surface area contributed by atoms with E-state index in [-0.39, 0.29) is 0 Å². The lowest BCUT2D eigenvalue weighted by Gasteiger charge is -2.38. The standard InChI is InChI=1S/C28H34OP/c1-28(2,3)23-19-21-24(22-20-23)29-30(25-13-7-4-8-14-25,26-15-9-5-10-16-26)27-17-11-6-12-18-27/h4-18,23-24H,19-22H2,1-3H3/q+1. The van der Waals surface area contributed by atoms with Crippen LogP contribution in [0.4, 0.5) is 0 Å². The fourth-order valence-electron chi connectivity index (χ4n) is 4.80. The number of benzene rings is 3. The summed E-state index contributed by atoms with van der Waals surface area (Å²) in [4.78, 5) is 0. The van der Waals surface area contributed by atoms with Crippen LogP contribution in [0.25, 0.3) is 0 Å². The van der Waals surface area contributed by atoms with Gasteiger partial charge in [0, 0.05) is 0 Å². The fourth-order valence-corrected chi connectivity index (χ4v) is 8.50. The van der Waals surface area contributed by atoms with Crippen molar-refractivity contribution in [1.29, 1.82) is 0 Å². The van der Waals surface area contributed by atoms with E-state index >= 15 is 0 Å². The van der Waals surface area contributed by atoms with E-state index in [4.69, 9.17) is 4.52 Å². The highest BCUT2D eigenvalue weighted by molar-refractivity contribution is 7.91. The van der Waals surface area contributed by atoms with E-state index in [2.05, 4.69) is 112 Å². The monoisotopic (exact) mass is 417 g/mol. The van der Waals surface area contributed by atoms with E-state index in [1.165, 1.54) is 28.8 Å². The summed E-state index contributed by atoms with van der Waals surface area (Å²) in [7, 11) is -2.18. The van der Waals surface area contributed by atoms with Gasteiger partial charge in [0.1, 0.15) is 22.0 Å². The molecule has 4 rings (SSSR count). The van der Waals surface area contributed by atoms with E-state index in [1.54, 1.807) is 0 Å². The SMILES string of the molecule is CC(C)(C)C1CCC(O[P+](c2ccccc2)(c2ccccc2)c2ccccc2)CC1. The molecule has 0 unspecified atom stereocenters. The molecule has 0 radical (unpaired) electrons. The van der Waals surface area contributed by atoms with Gasteiger partial charge in [0.05, 0.1) is 0 Å². The maximum Gasteiger partial charge on any atom is 0.242 e. The molecule has 0 atom stereocenters. The molecule has 1 fully saturated rings. The Bertz CT molecular complexity index is 810. The number of hydrogen-bond acceptors (Lipinski definition) is 1. The normalized spacial score (nSPS) is 20.1. The summed E-state index contributed by atoms with van der Waals surface area (Å²) in [6.45, 7) is 7.15. The first-order valence-electron chi connectivity index (χ1n) is 11.2. The van der Waals surface area contributed by atoms with Crippen molar-refractivity contribution in [2.75, 3.05) is 0 Å². The molecule has 0 N–H and O–H groups in total. The zero-order valence-electron chi connectivity index (χ0n) is 18.5. The third-order valence-corrected chi connectivity index (χ3v) is 10.3. The molecule has 156 valence electrons.